The number of hydrogen-bond acceptors (Lipinski definition) is 2. The lowest BCUT2D eigenvalue weighted by molar-refractivity contribution is 0.0577. The molecule has 1 aliphatic carbocycles. The zero-order chi connectivity index (χ0) is 10.4. The third-order valence-electron chi connectivity index (χ3n) is 2.62. The van der Waals surface area contributed by atoms with E-state index in [4.69, 9.17) is 0 Å². The third kappa shape index (κ3) is 4.63. The van der Waals surface area contributed by atoms with Crippen LogP contribution in [0.2, 0.25) is 0 Å². The molecule has 0 radical (unpaired) electrons. The summed E-state index contributed by atoms with van der Waals surface area (Å²) in [6.45, 7) is 6.22. The number of aliphatic hydroxyl groups is 1. The first-order valence-electron chi connectivity index (χ1n) is 5.44. The van der Waals surface area contributed by atoms with Gasteiger partial charge in [-0.25, -0.2) is 0 Å². The molecule has 0 saturated heterocycles. The average molecular weight is 187 g/mol. The van der Waals surface area contributed by atoms with Gasteiger partial charge in [0.15, 0.2) is 0 Å². The van der Waals surface area contributed by atoms with E-state index in [1.165, 1.54) is 6.42 Å². The Morgan fingerprint density at radius 1 is 1.08 bits per heavy atom. The molecule has 0 aromatic carbocycles. The number of hydrogen-bond donors (Lipinski definition) is 1. The second-order valence-corrected chi connectivity index (χ2v) is 4.08. The first-order valence-corrected chi connectivity index (χ1v) is 5.44. The molecule has 1 rings (SSSR count). The van der Waals surface area contributed by atoms with Crippen LogP contribution in [0.4, 0.5) is 0 Å². The Hall–Kier alpha value is -0.0800. The molecule has 3 atom stereocenters. The van der Waals surface area contributed by atoms with Gasteiger partial charge in [0, 0.05) is 6.04 Å². The second-order valence-electron chi connectivity index (χ2n) is 4.08. The van der Waals surface area contributed by atoms with Gasteiger partial charge in [0.1, 0.15) is 0 Å². The van der Waals surface area contributed by atoms with Gasteiger partial charge in [-0.1, -0.05) is 20.8 Å². The molecule has 0 aromatic heterocycles. The fourth-order valence-electron chi connectivity index (χ4n) is 1.95. The van der Waals surface area contributed by atoms with Crippen LogP contribution in [0.3, 0.4) is 0 Å². The van der Waals surface area contributed by atoms with Crippen LogP contribution in [-0.4, -0.2) is 36.2 Å². The Labute approximate surface area is 82.9 Å². The van der Waals surface area contributed by atoms with E-state index >= 15 is 0 Å². The molecular weight excluding hydrogens is 162 g/mol. The Bertz CT molecular complexity index is 115. The summed E-state index contributed by atoms with van der Waals surface area (Å²) >= 11 is 0. The van der Waals surface area contributed by atoms with Crippen LogP contribution in [0.25, 0.3) is 0 Å². The highest BCUT2D eigenvalue weighted by atomic mass is 16.3. The SMILES string of the molecule is CC.CC1CC(O)CC(N(C)C)C1. The lowest BCUT2D eigenvalue weighted by Crippen LogP contribution is -2.38. The van der Waals surface area contributed by atoms with E-state index in [0.29, 0.717) is 12.0 Å². The molecule has 13 heavy (non-hydrogen) atoms. The van der Waals surface area contributed by atoms with Crippen molar-refractivity contribution in [3.63, 3.8) is 0 Å². The van der Waals surface area contributed by atoms with Gasteiger partial charge < -0.3 is 10.0 Å². The van der Waals surface area contributed by atoms with Crippen LogP contribution >= 0.6 is 0 Å². The Kier molecular flexibility index (Phi) is 6.35. The van der Waals surface area contributed by atoms with Gasteiger partial charge in [-0.15, -0.1) is 0 Å². The summed E-state index contributed by atoms with van der Waals surface area (Å²) in [5, 5.41) is 9.47. The summed E-state index contributed by atoms with van der Waals surface area (Å²) in [5.41, 5.74) is 0. The van der Waals surface area contributed by atoms with E-state index in [2.05, 4.69) is 25.9 Å². The maximum atomic E-state index is 9.47. The summed E-state index contributed by atoms with van der Waals surface area (Å²) in [6, 6.07) is 0.591. The molecule has 0 amide bonds. The van der Waals surface area contributed by atoms with Crippen molar-refractivity contribution in [1.29, 1.82) is 0 Å². The molecule has 2 nitrogen and oxygen atoms in total. The number of rotatable bonds is 1. The van der Waals surface area contributed by atoms with Crippen LogP contribution < -0.4 is 0 Å². The van der Waals surface area contributed by atoms with Gasteiger partial charge in [-0.05, 0) is 39.3 Å². The van der Waals surface area contributed by atoms with Crippen LogP contribution in [0, 0.1) is 5.92 Å². The summed E-state index contributed by atoms with van der Waals surface area (Å²) in [4.78, 5) is 2.22. The van der Waals surface area contributed by atoms with Crippen molar-refractivity contribution in [2.45, 2.75) is 52.2 Å². The first-order chi connectivity index (χ1) is 6.09. The fourth-order valence-corrected chi connectivity index (χ4v) is 1.95. The quantitative estimate of drug-likeness (QED) is 0.679. The van der Waals surface area contributed by atoms with Crippen molar-refractivity contribution in [3.05, 3.63) is 0 Å². The van der Waals surface area contributed by atoms with Crippen molar-refractivity contribution in [2.24, 2.45) is 5.92 Å². The average Bonchev–Trinajstić information content (AvgIpc) is 2.06. The Balaban J connectivity index is 0.000000671. The summed E-state index contributed by atoms with van der Waals surface area (Å²) in [7, 11) is 4.19. The standard InChI is InChI=1S/C9H19NO.C2H6/c1-7-4-8(10(2)3)6-9(11)5-7;1-2/h7-9,11H,4-6H2,1-3H3;1-2H3. The van der Waals surface area contributed by atoms with E-state index in [1.54, 1.807) is 0 Å². The fraction of sp³-hybridized carbons (Fsp3) is 1.00. The smallest absolute Gasteiger partial charge is 0.0557 e. The molecule has 3 unspecified atom stereocenters. The van der Waals surface area contributed by atoms with Gasteiger partial charge in [0.05, 0.1) is 6.10 Å². The highest BCUT2D eigenvalue weighted by molar-refractivity contribution is 4.80. The third-order valence-corrected chi connectivity index (χ3v) is 2.62. The van der Waals surface area contributed by atoms with Gasteiger partial charge in [0.2, 0.25) is 0 Å². The summed E-state index contributed by atoms with van der Waals surface area (Å²) in [6.07, 6.45) is 3.12. The molecular formula is C11H25NO. The molecule has 1 N–H and O–H groups in total. The van der Waals surface area contributed by atoms with E-state index < -0.39 is 0 Å². The minimum Gasteiger partial charge on any atom is -0.393 e. The summed E-state index contributed by atoms with van der Waals surface area (Å²) in [5.74, 6) is 0.686. The largest absolute Gasteiger partial charge is 0.393 e. The minimum atomic E-state index is -0.0638. The van der Waals surface area contributed by atoms with Gasteiger partial charge in [-0.2, -0.15) is 0 Å². The highest BCUT2D eigenvalue weighted by Crippen LogP contribution is 2.26. The van der Waals surface area contributed by atoms with Crippen molar-refractivity contribution in [1.82, 2.24) is 4.90 Å². The van der Waals surface area contributed by atoms with Crippen LogP contribution in [-0.2, 0) is 0 Å². The van der Waals surface area contributed by atoms with Crippen LogP contribution in [0.5, 0.6) is 0 Å². The molecule has 0 heterocycles. The molecule has 1 saturated carbocycles. The molecule has 0 bridgehead atoms. The molecule has 0 spiro atoms. The predicted octanol–water partition coefficient (Wildman–Crippen LogP) is 2.12. The summed E-state index contributed by atoms with van der Waals surface area (Å²) < 4.78 is 0. The van der Waals surface area contributed by atoms with E-state index in [0.717, 1.165) is 12.8 Å². The van der Waals surface area contributed by atoms with E-state index in [-0.39, 0.29) is 6.10 Å². The van der Waals surface area contributed by atoms with E-state index in [9.17, 15) is 5.11 Å². The topological polar surface area (TPSA) is 23.5 Å². The number of nitrogens with zero attached hydrogens (tertiary/aromatic N) is 1. The van der Waals surface area contributed by atoms with Crippen molar-refractivity contribution in [2.75, 3.05) is 14.1 Å². The zero-order valence-corrected chi connectivity index (χ0v) is 9.75. The monoisotopic (exact) mass is 187 g/mol. The lowest BCUT2D eigenvalue weighted by Gasteiger charge is -2.34. The molecule has 0 aromatic rings. The van der Waals surface area contributed by atoms with Crippen LogP contribution in [0.1, 0.15) is 40.0 Å². The molecule has 2 heteroatoms. The van der Waals surface area contributed by atoms with E-state index in [1.807, 2.05) is 13.8 Å². The number of aliphatic hydroxyl groups excluding tert-OH is 1. The van der Waals surface area contributed by atoms with Crippen molar-refractivity contribution in [3.8, 4) is 0 Å². The Morgan fingerprint density at radius 3 is 2.00 bits per heavy atom. The first kappa shape index (κ1) is 12.9. The maximum absolute atomic E-state index is 9.47. The van der Waals surface area contributed by atoms with Crippen LogP contribution in [0.15, 0.2) is 0 Å². The Morgan fingerprint density at radius 2 is 1.62 bits per heavy atom. The molecule has 1 fully saturated rings. The minimum absolute atomic E-state index is 0.0638. The van der Waals surface area contributed by atoms with Gasteiger partial charge in [-0.3, -0.25) is 0 Å². The van der Waals surface area contributed by atoms with Crippen molar-refractivity contribution >= 4 is 0 Å². The lowest BCUT2D eigenvalue weighted by atomic mass is 9.85. The zero-order valence-electron chi connectivity index (χ0n) is 9.75. The second kappa shape index (κ2) is 6.39. The van der Waals surface area contributed by atoms with Gasteiger partial charge in [0.25, 0.3) is 0 Å². The molecule has 0 aliphatic heterocycles. The molecule has 80 valence electrons. The normalized spacial score (nSPS) is 33.9. The van der Waals surface area contributed by atoms with Crippen molar-refractivity contribution < 1.29 is 5.11 Å². The molecule has 1 aliphatic rings. The maximum Gasteiger partial charge on any atom is 0.0557 e. The van der Waals surface area contributed by atoms with Gasteiger partial charge >= 0.3 is 0 Å². The predicted molar refractivity (Wildman–Crippen MR) is 57.8 cm³/mol. The highest BCUT2D eigenvalue weighted by Gasteiger charge is 2.25.